The first-order chi connectivity index (χ1) is 12.5. The van der Waals surface area contributed by atoms with E-state index in [1.807, 2.05) is 30.6 Å². The minimum Gasteiger partial charge on any atom is -0.380 e. The molecular formula is C22H43N2O3Re-. The molecule has 2 amide bonds. The molecule has 0 aromatic heterocycles. The first-order valence-electron chi connectivity index (χ1n) is 10.4. The predicted molar refractivity (Wildman–Crippen MR) is 112 cm³/mol. The maximum atomic E-state index is 12.3. The summed E-state index contributed by atoms with van der Waals surface area (Å²) in [6, 6.07) is 0. The van der Waals surface area contributed by atoms with Crippen LogP contribution in [0.15, 0.2) is 0 Å². The van der Waals surface area contributed by atoms with Gasteiger partial charge in [-0.1, -0.05) is 41.0 Å². The smallest absolute Gasteiger partial charge is 0.222 e. The Morgan fingerprint density at radius 1 is 0.857 bits per heavy atom. The molecular weight excluding hydrogens is 526 g/mol. The fraction of sp³-hybridized carbons (Fsp3) is 0.864. The molecule has 5 nitrogen and oxygen atoms in total. The van der Waals surface area contributed by atoms with Crippen LogP contribution in [0.1, 0.15) is 74.1 Å². The fourth-order valence-electron chi connectivity index (χ4n) is 3.14. The number of hydrogen-bond donors (Lipinski definition) is 0. The summed E-state index contributed by atoms with van der Waals surface area (Å²) in [5, 5.41) is 0. The van der Waals surface area contributed by atoms with E-state index in [4.69, 9.17) is 4.74 Å². The van der Waals surface area contributed by atoms with Crippen LogP contribution in [0.2, 0.25) is 0 Å². The second-order valence-corrected chi connectivity index (χ2v) is 8.95. The van der Waals surface area contributed by atoms with E-state index < -0.39 is 0 Å². The maximum Gasteiger partial charge on any atom is 0.222 e. The largest absolute Gasteiger partial charge is 0.380 e. The Morgan fingerprint density at radius 2 is 1.29 bits per heavy atom. The number of carbonyl (C=O) groups is 2. The van der Waals surface area contributed by atoms with E-state index >= 15 is 0 Å². The molecule has 0 rings (SSSR count). The summed E-state index contributed by atoms with van der Waals surface area (Å²) < 4.78 is 6.04. The van der Waals surface area contributed by atoms with Gasteiger partial charge in [-0.2, -0.15) is 6.42 Å². The van der Waals surface area contributed by atoms with Crippen LogP contribution in [0.25, 0.3) is 0 Å². The van der Waals surface area contributed by atoms with Crippen LogP contribution in [-0.2, 0) is 34.7 Å². The van der Waals surface area contributed by atoms with Gasteiger partial charge in [-0.25, -0.2) is 0 Å². The second-order valence-electron chi connectivity index (χ2n) is 8.95. The molecule has 167 valence electrons. The SMILES string of the molecule is [CH2-]CCCC(=O)N(CC)CC(C)(C)COCC(C)(C)CN(CC)C(=O)CC.[Re]. The number of ether oxygens (including phenoxy) is 1. The number of hydrogen-bond acceptors (Lipinski definition) is 3. The predicted octanol–water partition coefficient (Wildman–Crippen LogP) is 4.16. The Kier molecular flexibility index (Phi) is 15.4. The zero-order chi connectivity index (χ0) is 21.1. The first kappa shape index (κ1) is 29.8. The standard InChI is InChI=1S/C22H43N2O3.Re/c1-9-13-14-20(26)24(12-4)16-22(7,8)18-27-17-21(5,6)15-23(11-3)19(25)10-2;/h1,9-18H2,2-8H3;/q-1;. The van der Waals surface area contributed by atoms with Crippen molar-refractivity contribution >= 4 is 11.8 Å². The molecule has 0 saturated heterocycles. The third-order valence-corrected chi connectivity index (χ3v) is 4.64. The van der Waals surface area contributed by atoms with Crippen molar-refractivity contribution in [3.63, 3.8) is 0 Å². The molecule has 6 heteroatoms. The molecule has 0 bridgehead atoms. The van der Waals surface area contributed by atoms with Crippen LogP contribution in [0.3, 0.4) is 0 Å². The van der Waals surface area contributed by atoms with Crippen molar-refractivity contribution in [1.82, 2.24) is 9.80 Å². The van der Waals surface area contributed by atoms with Gasteiger partial charge in [0.2, 0.25) is 11.8 Å². The van der Waals surface area contributed by atoms with Gasteiger partial charge >= 0.3 is 0 Å². The van der Waals surface area contributed by atoms with Gasteiger partial charge in [0.1, 0.15) is 0 Å². The monoisotopic (exact) mass is 570 g/mol. The molecule has 0 heterocycles. The minimum atomic E-state index is -0.115. The summed E-state index contributed by atoms with van der Waals surface area (Å²) in [6.45, 7) is 22.3. The number of carbonyl (C=O) groups excluding carboxylic acids is 2. The number of unbranched alkanes of at least 4 members (excludes halogenated alkanes) is 1. The Hall–Kier alpha value is -0.438. The van der Waals surface area contributed by atoms with Crippen LogP contribution < -0.4 is 0 Å². The Morgan fingerprint density at radius 3 is 1.64 bits per heavy atom. The van der Waals surface area contributed by atoms with Crippen LogP contribution >= 0.6 is 0 Å². The molecule has 0 aliphatic heterocycles. The van der Waals surface area contributed by atoms with Gasteiger partial charge in [0, 0.05) is 70.3 Å². The third-order valence-electron chi connectivity index (χ3n) is 4.64. The van der Waals surface area contributed by atoms with Crippen molar-refractivity contribution < 1.29 is 34.7 Å². The van der Waals surface area contributed by atoms with E-state index in [9.17, 15) is 9.59 Å². The zero-order valence-electron chi connectivity index (χ0n) is 19.3. The molecule has 0 fully saturated rings. The van der Waals surface area contributed by atoms with Crippen molar-refractivity contribution in [2.24, 2.45) is 10.8 Å². The van der Waals surface area contributed by atoms with E-state index in [0.717, 1.165) is 25.9 Å². The number of nitrogens with zero attached hydrogens (tertiary/aromatic N) is 2. The average Bonchev–Trinajstić information content (AvgIpc) is 2.61. The zero-order valence-corrected chi connectivity index (χ0v) is 22.0. The fourth-order valence-corrected chi connectivity index (χ4v) is 3.14. The molecule has 1 radical (unpaired) electrons. The molecule has 0 unspecified atom stereocenters. The van der Waals surface area contributed by atoms with Crippen molar-refractivity contribution in [2.45, 2.75) is 74.1 Å². The topological polar surface area (TPSA) is 49.9 Å². The van der Waals surface area contributed by atoms with Gasteiger partial charge in [-0.3, -0.25) is 9.59 Å². The quantitative estimate of drug-likeness (QED) is 0.295. The summed E-state index contributed by atoms with van der Waals surface area (Å²) in [5.41, 5.74) is -0.221. The van der Waals surface area contributed by atoms with Crippen LogP contribution in [0, 0.1) is 17.8 Å². The summed E-state index contributed by atoms with van der Waals surface area (Å²) in [5.74, 6) is 0.386. The maximum absolute atomic E-state index is 12.3. The number of rotatable bonds is 14. The van der Waals surface area contributed by atoms with Crippen molar-refractivity contribution in [2.75, 3.05) is 39.4 Å². The first-order valence-corrected chi connectivity index (χ1v) is 10.4. The van der Waals surface area contributed by atoms with Gasteiger partial charge in [-0.05, 0) is 13.8 Å². The minimum absolute atomic E-state index is 0. The van der Waals surface area contributed by atoms with E-state index in [2.05, 4.69) is 34.6 Å². The summed E-state index contributed by atoms with van der Waals surface area (Å²) in [7, 11) is 0. The van der Waals surface area contributed by atoms with E-state index in [1.165, 1.54) is 0 Å². The molecule has 0 aliphatic carbocycles. The van der Waals surface area contributed by atoms with Gasteiger partial charge < -0.3 is 21.5 Å². The molecule has 0 aromatic rings. The molecule has 0 atom stereocenters. The van der Waals surface area contributed by atoms with E-state index in [0.29, 0.717) is 39.1 Å². The molecule has 28 heavy (non-hydrogen) atoms. The third kappa shape index (κ3) is 12.2. The molecule has 0 N–H and O–H groups in total. The molecule has 0 saturated carbocycles. The normalized spacial score (nSPS) is 11.7. The van der Waals surface area contributed by atoms with Crippen molar-refractivity contribution in [3.05, 3.63) is 6.92 Å². The Bertz CT molecular complexity index is 453. The van der Waals surface area contributed by atoms with Gasteiger partial charge in [0.05, 0.1) is 13.2 Å². The average molecular weight is 570 g/mol. The van der Waals surface area contributed by atoms with Crippen molar-refractivity contribution in [1.29, 1.82) is 0 Å². The second kappa shape index (κ2) is 14.5. The summed E-state index contributed by atoms with van der Waals surface area (Å²) in [4.78, 5) is 28.1. The van der Waals surface area contributed by atoms with E-state index in [1.54, 1.807) is 0 Å². The summed E-state index contributed by atoms with van der Waals surface area (Å²) in [6.07, 6.45) is 2.73. The van der Waals surface area contributed by atoms with Crippen LogP contribution in [0.5, 0.6) is 0 Å². The Labute approximate surface area is 187 Å². The number of amides is 2. The van der Waals surface area contributed by atoms with Gasteiger partial charge in [-0.15, -0.1) is 0 Å². The molecule has 0 spiro atoms. The Balaban J connectivity index is 0. The van der Waals surface area contributed by atoms with Crippen LogP contribution in [0.4, 0.5) is 0 Å². The van der Waals surface area contributed by atoms with Crippen LogP contribution in [-0.4, -0.2) is 61.0 Å². The van der Waals surface area contributed by atoms with E-state index in [-0.39, 0.29) is 43.1 Å². The summed E-state index contributed by atoms with van der Waals surface area (Å²) >= 11 is 0. The van der Waals surface area contributed by atoms with Gasteiger partial charge in [0.25, 0.3) is 0 Å². The molecule has 0 aliphatic rings. The van der Waals surface area contributed by atoms with Crippen molar-refractivity contribution in [3.8, 4) is 0 Å². The van der Waals surface area contributed by atoms with Gasteiger partial charge in [0.15, 0.2) is 0 Å². The molecule has 0 aromatic carbocycles.